The van der Waals surface area contributed by atoms with Crippen molar-refractivity contribution in [3.05, 3.63) is 17.5 Å². The summed E-state index contributed by atoms with van der Waals surface area (Å²) in [5.74, 6) is -0.264. The van der Waals surface area contributed by atoms with Gasteiger partial charge in [-0.25, -0.2) is 0 Å². The van der Waals surface area contributed by atoms with E-state index < -0.39 is 5.54 Å². The molecule has 0 saturated heterocycles. The fourth-order valence-corrected chi connectivity index (χ4v) is 1.68. The van der Waals surface area contributed by atoms with E-state index in [1.54, 1.807) is 19.9 Å². The Kier molecular flexibility index (Phi) is 3.86. The van der Waals surface area contributed by atoms with Crippen LogP contribution in [0.15, 0.2) is 6.07 Å². The molecule has 0 saturated carbocycles. The maximum absolute atomic E-state index is 12.0. The Labute approximate surface area is 108 Å². The Hall–Kier alpha value is -1.36. The molecule has 0 atom stereocenters. The maximum atomic E-state index is 12.0. The minimum atomic E-state index is -0.642. The number of hydrogen-bond donors (Lipinski definition) is 2. The van der Waals surface area contributed by atoms with Gasteiger partial charge in [-0.05, 0) is 47.6 Å². The zero-order valence-corrected chi connectivity index (χ0v) is 12.0. The zero-order valence-electron chi connectivity index (χ0n) is 12.0. The summed E-state index contributed by atoms with van der Waals surface area (Å²) in [5, 5.41) is 16.2. The molecule has 102 valence electrons. The van der Waals surface area contributed by atoms with E-state index in [1.807, 2.05) is 32.4 Å². The number of aliphatic hydroxyl groups is 1. The Balaban J connectivity index is 2.96. The van der Waals surface area contributed by atoms with Gasteiger partial charge in [0.05, 0.1) is 17.7 Å². The molecule has 5 nitrogen and oxygen atoms in total. The van der Waals surface area contributed by atoms with Crippen molar-refractivity contribution in [2.45, 2.75) is 52.6 Å². The molecule has 0 spiro atoms. The standard InChI is InChI=1S/C13H23N3O2/c1-9-7-10(15-16(9)12(2,3)4)11(18)14-13(5,6)8-17/h7,17H,8H2,1-6H3,(H,14,18). The van der Waals surface area contributed by atoms with E-state index in [-0.39, 0.29) is 18.1 Å². The average Bonchev–Trinajstić information content (AvgIpc) is 2.59. The number of nitrogens with one attached hydrogen (secondary N) is 1. The highest BCUT2D eigenvalue weighted by Crippen LogP contribution is 2.17. The quantitative estimate of drug-likeness (QED) is 0.856. The lowest BCUT2D eigenvalue weighted by Crippen LogP contribution is -2.46. The lowest BCUT2D eigenvalue weighted by atomic mass is 10.1. The Morgan fingerprint density at radius 1 is 1.39 bits per heavy atom. The topological polar surface area (TPSA) is 67.2 Å². The molecule has 0 aliphatic carbocycles. The molecule has 0 aromatic carbocycles. The van der Waals surface area contributed by atoms with Gasteiger partial charge < -0.3 is 10.4 Å². The lowest BCUT2D eigenvalue weighted by molar-refractivity contribution is 0.0862. The van der Waals surface area contributed by atoms with Gasteiger partial charge in [0, 0.05) is 5.69 Å². The van der Waals surface area contributed by atoms with Crippen molar-refractivity contribution in [2.24, 2.45) is 0 Å². The number of rotatable bonds is 3. The van der Waals surface area contributed by atoms with Gasteiger partial charge in [0.1, 0.15) is 5.69 Å². The fourth-order valence-electron chi connectivity index (χ4n) is 1.68. The molecular weight excluding hydrogens is 230 g/mol. The van der Waals surface area contributed by atoms with Crippen LogP contribution in [-0.2, 0) is 5.54 Å². The number of carbonyl (C=O) groups excluding carboxylic acids is 1. The summed E-state index contributed by atoms with van der Waals surface area (Å²) in [5.41, 5.74) is 0.518. The van der Waals surface area contributed by atoms with Crippen LogP contribution in [0, 0.1) is 6.92 Å². The van der Waals surface area contributed by atoms with Gasteiger partial charge in [0.25, 0.3) is 5.91 Å². The number of aliphatic hydroxyl groups excluding tert-OH is 1. The first-order valence-electron chi connectivity index (χ1n) is 6.07. The van der Waals surface area contributed by atoms with Gasteiger partial charge >= 0.3 is 0 Å². The number of aromatic nitrogens is 2. The van der Waals surface area contributed by atoms with Gasteiger partial charge in [-0.3, -0.25) is 9.48 Å². The van der Waals surface area contributed by atoms with E-state index in [1.165, 1.54) is 0 Å². The summed E-state index contributed by atoms with van der Waals surface area (Å²) in [7, 11) is 0. The first kappa shape index (κ1) is 14.7. The molecule has 0 aliphatic heterocycles. The van der Waals surface area contributed by atoms with Crippen LogP contribution in [0.1, 0.15) is 50.8 Å². The Morgan fingerprint density at radius 2 is 1.94 bits per heavy atom. The molecule has 18 heavy (non-hydrogen) atoms. The second-order valence-corrected chi connectivity index (χ2v) is 6.25. The smallest absolute Gasteiger partial charge is 0.272 e. The fraction of sp³-hybridized carbons (Fsp3) is 0.692. The summed E-state index contributed by atoms with van der Waals surface area (Å²) in [6.07, 6.45) is 0. The molecule has 0 radical (unpaired) electrons. The first-order chi connectivity index (χ1) is 8.07. The molecule has 2 N–H and O–H groups in total. The third kappa shape index (κ3) is 3.32. The molecule has 5 heteroatoms. The van der Waals surface area contributed by atoms with E-state index in [0.717, 1.165) is 5.69 Å². The highest BCUT2D eigenvalue weighted by molar-refractivity contribution is 5.92. The van der Waals surface area contributed by atoms with E-state index >= 15 is 0 Å². The monoisotopic (exact) mass is 253 g/mol. The van der Waals surface area contributed by atoms with E-state index in [0.29, 0.717) is 5.69 Å². The third-order valence-electron chi connectivity index (χ3n) is 2.60. The molecule has 0 bridgehead atoms. The number of amides is 1. The second kappa shape index (κ2) is 4.72. The summed E-state index contributed by atoms with van der Waals surface area (Å²) < 4.78 is 1.83. The van der Waals surface area contributed by atoms with Gasteiger partial charge in [0.15, 0.2) is 0 Å². The van der Waals surface area contributed by atoms with Crippen molar-refractivity contribution in [3.63, 3.8) is 0 Å². The van der Waals surface area contributed by atoms with Gasteiger partial charge in [0.2, 0.25) is 0 Å². The van der Waals surface area contributed by atoms with Crippen LogP contribution in [-0.4, -0.2) is 32.9 Å². The third-order valence-corrected chi connectivity index (χ3v) is 2.60. The van der Waals surface area contributed by atoms with Gasteiger partial charge in [-0.2, -0.15) is 5.10 Å². The lowest BCUT2D eigenvalue weighted by Gasteiger charge is -2.23. The molecular formula is C13H23N3O2. The largest absolute Gasteiger partial charge is 0.394 e. The van der Waals surface area contributed by atoms with Crippen LogP contribution >= 0.6 is 0 Å². The molecule has 1 aromatic rings. The van der Waals surface area contributed by atoms with Crippen LogP contribution in [0.4, 0.5) is 0 Å². The highest BCUT2D eigenvalue weighted by Gasteiger charge is 2.24. The molecule has 0 unspecified atom stereocenters. The van der Waals surface area contributed by atoms with Crippen LogP contribution in [0.5, 0.6) is 0 Å². The minimum Gasteiger partial charge on any atom is -0.394 e. The van der Waals surface area contributed by atoms with E-state index in [2.05, 4.69) is 10.4 Å². The van der Waals surface area contributed by atoms with Crippen LogP contribution in [0.2, 0.25) is 0 Å². The average molecular weight is 253 g/mol. The van der Waals surface area contributed by atoms with Crippen LogP contribution in [0.25, 0.3) is 0 Å². The van der Waals surface area contributed by atoms with E-state index in [4.69, 9.17) is 5.11 Å². The molecule has 1 aromatic heterocycles. The van der Waals surface area contributed by atoms with Crippen molar-refractivity contribution >= 4 is 5.91 Å². The van der Waals surface area contributed by atoms with Crippen molar-refractivity contribution in [1.82, 2.24) is 15.1 Å². The minimum absolute atomic E-state index is 0.113. The van der Waals surface area contributed by atoms with Crippen molar-refractivity contribution in [1.29, 1.82) is 0 Å². The molecule has 1 rings (SSSR count). The molecule has 0 aliphatic rings. The number of hydrogen-bond acceptors (Lipinski definition) is 3. The van der Waals surface area contributed by atoms with Crippen molar-refractivity contribution in [2.75, 3.05) is 6.61 Å². The SMILES string of the molecule is Cc1cc(C(=O)NC(C)(C)CO)nn1C(C)(C)C. The van der Waals surface area contributed by atoms with Crippen molar-refractivity contribution < 1.29 is 9.90 Å². The van der Waals surface area contributed by atoms with Crippen molar-refractivity contribution in [3.8, 4) is 0 Å². The Bertz CT molecular complexity index is 442. The van der Waals surface area contributed by atoms with Crippen LogP contribution in [0.3, 0.4) is 0 Å². The van der Waals surface area contributed by atoms with Gasteiger partial charge in [-0.15, -0.1) is 0 Å². The first-order valence-corrected chi connectivity index (χ1v) is 6.07. The van der Waals surface area contributed by atoms with E-state index in [9.17, 15) is 4.79 Å². The zero-order chi connectivity index (χ0) is 14.1. The molecule has 0 fully saturated rings. The Morgan fingerprint density at radius 3 is 2.33 bits per heavy atom. The molecule has 1 amide bonds. The van der Waals surface area contributed by atoms with Gasteiger partial charge in [-0.1, -0.05) is 0 Å². The second-order valence-electron chi connectivity index (χ2n) is 6.25. The number of carbonyl (C=O) groups is 1. The maximum Gasteiger partial charge on any atom is 0.272 e. The highest BCUT2D eigenvalue weighted by atomic mass is 16.3. The summed E-state index contributed by atoms with van der Waals surface area (Å²) in [4.78, 5) is 12.0. The summed E-state index contributed by atoms with van der Waals surface area (Å²) in [6.45, 7) is 11.4. The summed E-state index contributed by atoms with van der Waals surface area (Å²) >= 11 is 0. The summed E-state index contributed by atoms with van der Waals surface area (Å²) in [6, 6.07) is 1.76. The number of aryl methyl sites for hydroxylation is 1. The number of nitrogens with zero attached hydrogens (tertiary/aromatic N) is 2. The predicted molar refractivity (Wildman–Crippen MR) is 70.6 cm³/mol. The van der Waals surface area contributed by atoms with Crippen LogP contribution < -0.4 is 5.32 Å². The normalized spacial score (nSPS) is 12.6. The predicted octanol–water partition coefficient (Wildman–Crippen LogP) is 1.45. The molecule has 1 heterocycles.